The molecule has 0 aliphatic carbocycles. The smallest absolute Gasteiger partial charge is 0.268 e. The summed E-state index contributed by atoms with van der Waals surface area (Å²) in [5.41, 5.74) is 2.11. The van der Waals surface area contributed by atoms with Gasteiger partial charge in [0, 0.05) is 18.8 Å². The predicted octanol–water partition coefficient (Wildman–Crippen LogP) is 2.97. The highest BCUT2D eigenvalue weighted by atomic mass is 35.5. The Morgan fingerprint density at radius 1 is 1.29 bits per heavy atom. The molecule has 0 fully saturated rings. The molecule has 2 amide bonds. The second-order valence-electron chi connectivity index (χ2n) is 5.34. The molecule has 2 heterocycles. The minimum atomic E-state index is -0.651. The first-order valence-corrected chi connectivity index (χ1v) is 8.66. The standard InChI is InChI=1S/C17H16ClN3O2S/c1-19-16(22)12(7-10-5-3-2-4-6-10)21-17(23)13-8-14-15(20-13)11(18)9-24-14/h2-6,8-9,12,20H,7H2,1H3,(H,19,22)(H,21,23)/t12-/m0/s1. The van der Waals surface area contributed by atoms with Crippen molar-refractivity contribution in [1.29, 1.82) is 0 Å². The molecule has 0 bridgehead atoms. The van der Waals surface area contributed by atoms with Crippen molar-refractivity contribution < 1.29 is 9.59 Å². The van der Waals surface area contributed by atoms with Gasteiger partial charge < -0.3 is 15.6 Å². The van der Waals surface area contributed by atoms with Crippen molar-refractivity contribution in [3.8, 4) is 0 Å². The molecule has 0 saturated heterocycles. The fourth-order valence-electron chi connectivity index (χ4n) is 2.47. The summed E-state index contributed by atoms with van der Waals surface area (Å²) in [5, 5.41) is 7.77. The average molecular weight is 362 g/mol. The van der Waals surface area contributed by atoms with Crippen molar-refractivity contribution in [2.45, 2.75) is 12.5 Å². The van der Waals surface area contributed by atoms with Gasteiger partial charge in [-0.2, -0.15) is 0 Å². The number of aromatic nitrogens is 1. The summed E-state index contributed by atoms with van der Waals surface area (Å²) < 4.78 is 0.907. The summed E-state index contributed by atoms with van der Waals surface area (Å²) in [4.78, 5) is 27.6. The Bertz CT molecular complexity index is 872. The molecular formula is C17H16ClN3O2S. The highest BCUT2D eigenvalue weighted by Crippen LogP contribution is 2.29. The molecule has 0 radical (unpaired) electrons. The van der Waals surface area contributed by atoms with E-state index in [2.05, 4.69) is 15.6 Å². The maximum atomic E-state index is 12.5. The quantitative estimate of drug-likeness (QED) is 0.653. The molecule has 2 aromatic heterocycles. The van der Waals surface area contributed by atoms with E-state index >= 15 is 0 Å². The van der Waals surface area contributed by atoms with E-state index < -0.39 is 6.04 Å². The van der Waals surface area contributed by atoms with Gasteiger partial charge in [0.2, 0.25) is 5.91 Å². The first-order chi connectivity index (χ1) is 11.6. The van der Waals surface area contributed by atoms with Gasteiger partial charge in [0.25, 0.3) is 5.91 Å². The van der Waals surface area contributed by atoms with Crippen molar-refractivity contribution in [3.63, 3.8) is 0 Å². The van der Waals surface area contributed by atoms with Crippen molar-refractivity contribution in [3.05, 3.63) is 58.1 Å². The first kappa shape index (κ1) is 16.5. The summed E-state index contributed by atoms with van der Waals surface area (Å²) in [6, 6.07) is 10.6. The van der Waals surface area contributed by atoms with Gasteiger partial charge in [-0.25, -0.2) is 0 Å². The topological polar surface area (TPSA) is 74.0 Å². The van der Waals surface area contributed by atoms with E-state index in [1.54, 1.807) is 13.1 Å². The van der Waals surface area contributed by atoms with Crippen LogP contribution >= 0.6 is 22.9 Å². The number of thiophene rings is 1. The van der Waals surface area contributed by atoms with Crippen LogP contribution in [0.2, 0.25) is 5.02 Å². The Morgan fingerprint density at radius 2 is 2.04 bits per heavy atom. The molecular weight excluding hydrogens is 346 g/mol. The Labute approximate surface area is 148 Å². The van der Waals surface area contributed by atoms with E-state index in [9.17, 15) is 9.59 Å². The SMILES string of the molecule is CNC(=O)[C@H](Cc1ccccc1)NC(=O)c1cc2scc(Cl)c2[nH]1. The van der Waals surface area contributed by atoms with Crippen LogP contribution < -0.4 is 10.6 Å². The van der Waals surface area contributed by atoms with Gasteiger partial charge >= 0.3 is 0 Å². The van der Waals surface area contributed by atoms with E-state index in [4.69, 9.17) is 11.6 Å². The molecule has 124 valence electrons. The summed E-state index contributed by atoms with van der Waals surface area (Å²) in [5.74, 6) is -0.572. The molecule has 3 rings (SSSR count). The van der Waals surface area contributed by atoms with Gasteiger partial charge in [-0.1, -0.05) is 41.9 Å². The third-order valence-electron chi connectivity index (χ3n) is 3.71. The lowest BCUT2D eigenvalue weighted by atomic mass is 10.1. The van der Waals surface area contributed by atoms with Crippen LogP contribution in [0, 0.1) is 0 Å². The maximum Gasteiger partial charge on any atom is 0.268 e. The highest BCUT2D eigenvalue weighted by molar-refractivity contribution is 7.17. The summed E-state index contributed by atoms with van der Waals surface area (Å²) in [6.07, 6.45) is 0.419. The van der Waals surface area contributed by atoms with Crippen LogP contribution in [0.25, 0.3) is 10.2 Å². The van der Waals surface area contributed by atoms with E-state index in [1.165, 1.54) is 11.3 Å². The third kappa shape index (κ3) is 3.44. The fraction of sp³-hybridized carbons (Fsp3) is 0.176. The number of likely N-dealkylation sites (N-methyl/N-ethyl adjacent to an activating group) is 1. The van der Waals surface area contributed by atoms with Crippen LogP contribution in [-0.2, 0) is 11.2 Å². The molecule has 0 aliphatic rings. The number of amides is 2. The number of aromatic amines is 1. The number of nitrogens with one attached hydrogen (secondary N) is 3. The number of fused-ring (bicyclic) bond motifs is 1. The van der Waals surface area contributed by atoms with Gasteiger partial charge in [-0.3, -0.25) is 9.59 Å². The molecule has 3 N–H and O–H groups in total. The number of halogens is 1. The highest BCUT2D eigenvalue weighted by Gasteiger charge is 2.22. The lowest BCUT2D eigenvalue weighted by Crippen LogP contribution is -2.47. The molecule has 5 nitrogen and oxygen atoms in total. The second kappa shape index (κ2) is 7.07. The number of hydrogen-bond donors (Lipinski definition) is 3. The summed E-state index contributed by atoms with van der Waals surface area (Å²) in [7, 11) is 1.55. The molecule has 3 aromatic rings. The van der Waals surface area contributed by atoms with Crippen molar-refractivity contribution in [2.75, 3.05) is 7.05 Å². The minimum Gasteiger partial charge on any atom is -0.357 e. The summed E-state index contributed by atoms with van der Waals surface area (Å²) in [6.45, 7) is 0. The molecule has 7 heteroatoms. The van der Waals surface area contributed by atoms with Gasteiger partial charge in [-0.05, 0) is 11.6 Å². The number of rotatable bonds is 5. The lowest BCUT2D eigenvalue weighted by molar-refractivity contribution is -0.122. The molecule has 0 spiro atoms. The molecule has 0 unspecified atom stereocenters. The van der Waals surface area contributed by atoms with Gasteiger partial charge in [-0.15, -0.1) is 11.3 Å². The molecule has 24 heavy (non-hydrogen) atoms. The Hall–Kier alpha value is -2.31. The average Bonchev–Trinajstić information content (AvgIpc) is 3.17. The van der Waals surface area contributed by atoms with E-state index in [0.717, 1.165) is 15.8 Å². The second-order valence-corrected chi connectivity index (χ2v) is 6.65. The number of benzene rings is 1. The van der Waals surface area contributed by atoms with Crippen LogP contribution in [-0.4, -0.2) is 29.9 Å². The van der Waals surface area contributed by atoms with Crippen molar-refractivity contribution in [1.82, 2.24) is 15.6 Å². The van der Waals surface area contributed by atoms with Crippen LogP contribution in [0.15, 0.2) is 41.8 Å². The fourth-order valence-corrected chi connectivity index (χ4v) is 3.62. The Morgan fingerprint density at radius 3 is 2.71 bits per heavy atom. The normalized spacial score (nSPS) is 12.1. The number of carbonyl (C=O) groups is 2. The summed E-state index contributed by atoms with van der Waals surface area (Å²) >= 11 is 7.52. The van der Waals surface area contributed by atoms with Crippen LogP contribution in [0.3, 0.4) is 0 Å². The lowest BCUT2D eigenvalue weighted by Gasteiger charge is -2.17. The number of hydrogen-bond acceptors (Lipinski definition) is 3. The zero-order chi connectivity index (χ0) is 17.1. The molecule has 1 atom stereocenters. The predicted molar refractivity (Wildman–Crippen MR) is 96.7 cm³/mol. The van der Waals surface area contributed by atoms with E-state index in [1.807, 2.05) is 35.7 Å². The van der Waals surface area contributed by atoms with Crippen LogP contribution in [0.1, 0.15) is 16.1 Å². The minimum absolute atomic E-state index is 0.237. The number of H-pyrrole nitrogens is 1. The van der Waals surface area contributed by atoms with Gasteiger partial charge in [0.15, 0.2) is 0 Å². The van der Waals surface area contributed by atoms with E-state index in [0.29, 0.717) is 17.1 Å². The zero-order valence-electron chi connectivity index (χ0n) is 12.9. The zero-order valence-corrected chi connectivity index (χ0v) is 14.5. The largest absolute Gasteiger partial charge is 0.357 e. The van der Waals surface area contributed by atoms with Crippen LogP contribution in [0.5, 0.6) is 0 Å². The monoisotopic (exact) mass is 361 g/mol. The van der Waals surface area contributed by atoms with Crippen molar-refractivity contribution in [2.24, 2.45) is 0 Å². The number of carbonyl (C=O) groups excluding carboxylic acids is 2. The Balaban J connectivity index is 1.78. The Kier molecular flexibility index (Phi) is 4.87. The van der Waals surface area contributed by atoms with Crippen LogP contribution in [0.4, 0.5) is 0 Å². The van der Waals surface area contributed by atoms with Gasteiger partial charge in [0.1, 0.15) is 11.7 Å². The molecule has 0 saturated carbocycles. The van der Waals surface area contributed by atoms with Crippen molar-refractivity contribution >= 4 is 45.0 Å². The maximum absolute atomic E-state index is 12.5. The molecule has 1 aromatic carbocycles. The first-order valence-electron chi connectivity index (χ1n) is 7.40. The van der Waals surface area contributed by atoms with Gasteiger partial charge in [0.05, 0.1) is 15.2 Å². The third-order valence-corrected chi connectivity index (χ3v) is 5.06. The molecule has 0 aliphatic heterocycles. The van der Waals surface area contributed by atoms with E-state index in [-0.39, 0.29) is 11.8 Å².